The molecule has 0 aromatic heterocycles. The van der Waals surface area contributed by atoms with Crippen LogP contribution in [0.25, 0.3) is 0 Å². The third kappa shape index (κ3) is 3.93. The Bertz CT molecular complexity index is 407. The van der Waals surface area contributed by atoms with Crippen molar-refractivity contribution in [2.24, 2.45) is 5.92 Å². The normalized spacial score (nSPS) is 12.8. The molecule has 1 aromatic rings. The van der Waals surface area contributed by atoms with Crippen LogP contribution in [0.1, 0.15) is 45.2 Å². The van der Waals surface area contributed by atoms with E-state index in [4.69, 9.17) is 4.74 Å². The van der Waals surface area contributed by atoms with Gasteiger partial charge in [0.25, 0.3) is 0 Å². The SMILES string of the molecule is CCNC(c1cc(Br)c(F)cc1OC)C(CC)CC. The Morgan fingerprint density at radius 2 is 1.89 bits per heavy atom. The van der Waals surface area contributed by atoms with Crippen LogP contribution in [-0.2, 0) is 0 Å². The molecule has 0 fully saturated rings. The number of methoxy groups -OCH3 is 1. The van der Waals surface area contributed by atoms with Crippen molar-refractivity contribution in [3.8, 4) is 5.75 Å². The van der Waals surface area contributed by atoms with Gasteiger partial charge in [0.15, 0.2) is 0 Å². The largest absolute Gasteiger partial charge is 0.496 e. The quantitative estimate of drug-likeness (QED) is 0.782. The van der Waals surface area contributed by atoms with Gasteiger partial charge in [0.1, 0.15) is 11.6 Å². The number of ether oxygens (including phenoxy) is 1. The van der Waals surface area contributed by atoms with E-state index in [0.717, 1.165) is 24.9 Å². The van der Waals surface area contributed by atoms with E-state index in [1.807, 2.05) is 6.07 Å². The van der Waals surface area contributed by atoms with Crippen molar-refractivity contribution in [3.05, 3.63) is 28.0 Å². The van der Waals surface area contributed by atoms with Gasteiger partial charge < -0.3 is 10.1 Å². The second kappa shape index (κ2) is 7.85. The summed E-state index contributed by atoms with van der Waals surface area (Å²) in [4.78, 5) is 0. The Balaban J connectivity index is 3.24. The summed E-state index contributed by atoms with van der Waals surface area (Å²) in [5, 5.41) is 3.50. The zero-order chi connectivity index (χ0) is 14.4. The molecular formula is C15H23BrFNO. The topological polar surface area (TPSA) is 21.3 Å². The van der Waals surface area contributed by atoms with E-state index in [0.29, 0.717) is 16.1 Å². The maximum atomic E-state index is 13.6. The van der Waals surface area contributed by atoms with E-state index in [2.05, 4.69) is 42.0 Å². The van der Waals surface area contributed by atoms with Crippen LogP contribution in [0.5, 0.6) is 5.75 Å². The molecule has 0 heterocycles. The van der Waals surface area contributed by atoms with Gasteiger partial charge in [0.05, 0.1) is 11.6 Å². The smallest absolute Gasteiger partial charge is 0.141 e. The second-order valence-corrected chi connectivity index (χ2v) is 5.47. The predicted octanol–water partition coefficient (Wildman–Crippen LogP) is 4.68. The average Bonchev–Trinajstić information content (AvgIpc) is 2.41. The molecule has 1 N–H and O–H groups in total. The number of benzene rings is 1. The summed E-state index contributed by atoms with van der Waals surface area (Å²) >= 11 is 3.26. The summed E-state index contributed by atoms with van der Waals surface area (Å²) in [5.74, 6) is 0.824. The molecule has 2 nitrogen and oxygen atoms in total. The molecule has 4 heteroatoms. The van der Waals surface area contributed by atoms with Crippen molar-refractivity contribution in [1.29, 1.82) is 0 Å². The maximum Gasteiger partial charge on any atom is 0.141 e. The van der Waals surface area contributed by atoms with Crippen molar-refractivity contribution in [1.82, 2.24) is 5.32 Å². The minimum Gasteiger partial charge on any atom is -0.496 e. The first-order chi connectivity index (χ1) is 9.08. The summed E-state index contributed by atoms with van der Waals surface area (Å²) in [6.07, 6.45) is 2.15. The zero-order valence-electron chi connectivity index (χ0n) is 12.1. The Kier molecular flexibility index (Phi) is 6.80. The highest BCUT2D eigenvalue weighted by atomic mass is 79.9. The van der Waals surface area contributed by atoms with Gasteiger partial charge in [-0.3, -0.25) is 0 Å². The summed E-state index contributed by atoms with van der Waals surface area (Å²) in [6.45, 7) is 7.33. The summed E-state index contributed by atoms with van der Waals surface area (Å²) in [6, 6.07) is 3.47. The molecule has 108 valence electrons. The van der Waals surface area contributed by atoms with Crippen molar-refractivity contribution >= 4 is 15.9 Å². The van der Waals surface area contributed by atoms with E-state index in [1.165, 1.54) is 6.07 Å². The fourth-order valence-electron chi connectivity index (χ4n) is 2.47. The molecule has 1 atom stereocenters. The molecule has 1 unspecified atom stereocenters. The number of rotatable bonds is 7. The predicted molar refractivity (Wildman–Crippen MR) is 81.1 cm³/mol. The van der Waals surface area contributed by atoms with Crippen LogP contribution in [0, 0.1) is 11.7 Å². The molecule has 0 aliphatic carbocycles. The lowest BCUT2D eigenvalue weighted by molar-refractivity contribution is 0.328. The van der Waals surface area contributed by atoms with E-state index in [-0.39, 0.29) is 11.9 Å². The highest BCUT2D eigenvalue weighted by Gasteiger charge is 2.24. The van der Waals surface area contributed by atoms with Crippen LogP contribution in [0.3, 0.4) is 0 Å². The van der Waals surface area contributed by atoms with E-state index in [1.54, 1.807) is 7.11 Å². The van der Waals surface area contributed by atoms with Gasteiger partial charge in [-0.25, -0.2) is 4.39 Å². The summed E-state index contributed by atoms with van der Waals surface area (Å²) in [5.41, 5.74) is 1.02. The number of hydrogen-bond donors (Lipinski definition) is 1. The van der Waals surface area contributed by atoms with Gasteiger partial charge in [-0.1, -0.05) is 33.6 Å². The Morgan fingerprint density at radius 1 is 1.26 bits per heavy atom. The first-order valence-corrected chi connectivity index (χ1v) is 7.64. The van der Waals surface area contributed by atoms with Gasteiger partial charge >= 0.3 is 0 Å². The van der Waals surface area contributed by atoms with E-state index in [9.17, 15) is 4.39 Å². The number of hydrogen-bond acceptors (Lipinski definition) is 2. The summed E-state index contributed by atoms with van der Waals surface area (Å²) < 4.78 is 19.4. The van der Waals surface area contributed by atoms with Crippen molar-refractivity contribution in [2.75, 3.05) is 13.7 Å². The first-order valence-electron chi connectivity index (χ1n) is 6.85. The second-order valence-electron chi connectivity index (χ2n) is 4.62. The highest BCUT2D eigenvalue weighted by molar-refractivity contribution is 9.10. The average molecular weight is 332 g/mol. The van der Waals surface area contributed by atoms with Crippen LogP contribution < -0.4 is 10.1 Å². The number of halogens is 2. The lowest BCUT2D eigenvalue weighted by atomic mass is 9.88. The van der Waals surface area contributed by atoms with Crippen molar-refractivity contribution < 1.29 is 9.13 Å². The molecule has 1 aromatic carbocycles. The molecule has 0 radical (unpaired) electrons. The molecular weight excluding hydrogens is 309 g/mol. The zero-order valence-corrected chi connectivity index (χ0v) is 13.7. The molecule has 0 aliphatic heterocycles. The van der Waals surface area contributed by atoms with Crippen molar-refractivity contribution in [2.45, 2.75) is 39.7 Å². The van der Waals surface area contributed by atoms with Crippen LogP contribution in [0.4, 0.5) is 4.39 Å². The Labute approximate surface area is 123 Å². The van der Waals surface area contributed by atoms with Crippen LogP contribution in [-0.4, -0.2) is 13.7 Å². The highest BCUT2D eigenvalue weighted by Crippen LogP contribution is 2.36. The Hall–Kier alpha value is -0.610. The minimum absolute atomic E-state index is 0.187. The van der Waals surface area contributed by atoms with Crippen LogP contribution >= 0.6 is 15.9 Å². The third-order valence-electron chi connectivity index (χ3n) is 3.55. The van der Waals surface area contributed by atoms with Gasteiger partial charge in [0.2, 0.25) is 0 Å². The molecule has 0 aliphatic rings. The molecule has 0 saturated carbocycles. The van der Waals surface area contributed by atoms with Crippen LogP contribution in [0.15, 0.2) is 16.6 Å². The summed E-state index contributed by atoms with van der Waals surface area (Å²) in [7, 11) is 1.59. The van der Waals surface area contributed by atoms with Gasteiger partial charge in [0, 0.05) is 17.7 Å². The molecule has 0 spiro atoms. The lowest BCUT2D eigenvalue weighted by Gasteiger charge is -2.28. The molecule has 19 heavy (non-hydrogen) atoms. The van der Waals surface area contributed by atoms with E-state index < -0.39 is 0 Å². The first kappa shape index (κ1) is 16.4. The number of nitrogens with one attached hydrogen (secondary N) is 1. The van der Waals surface area contributed by atoms with Crippen LogP contribution in [0.2, 0.25) is 0 Å². The Morgan fingerprint density at radius 3 is 2.37 bits per heavy atom. The van der Waals surface area contributed by atoms with Gasteiger partial charge in [-0.15, -0.1) is 0 Å². The fraction of sp³-hybridized carbons (Fsp3) is 0.600. The third-order valence-corrected chi connectivity index (χ3v) is 4.16. The lowest BCUT2D eigenvalue weighted by Crippen LogP contribution is -2.28. The van der Waals surface area contributed by atoms with Crippen molar-refractivity contribution in [3.63, 3.8) is 0 Å². The molecule has 0 saturated heterocycles. The standard InChI is InChI=1S/C15H23BrFNO/c1-5-10(6-2)15(18-7-3)11-8-12(16)13(17)9-14(11)19-4/h8-10,15,18H,5-7H2,1-4H3. The monoisotopic (exact) mass is 331 g/mol. The molecule has 0 amide bonds. The van der Waals surface area contributed by atoms with E-state index >= 15 is 0 Å². The van der Waals surface area contributed by atoms with Gasteiger partial charge in [-0.2, -0.15) is 0 Å². The van der Waals surface area contributed by atoms with Gasteiger partial charge in [-0.05, 0) is 34.5 Å². The molecule has 1 rings (SSSR count). The maximum absolute atomic E-state index is 13.6. The minimum atomic E-state index is -0.291. The fourth-order valence-corrected chi connectivity index (χ4v) is 2.84. The molecule has 0 bridgehead atoms.